The first-order chi connectivity index (χ1) is 8.95. The van der Waals surface area contributed by atoms with Crippen LogP contribution in [0.2, 0.25) is 0 Å². The van der Waals surface area contributed by atoms with Crippen molar-refractivity contribution in [2.75, 3.05) is 0 Å². The van der Waals surface area contributed by atoms with Crippen LogP contribution in [-0.4, -0.2) is 17.9 Å². The van der Waals surface area contributed by atoms with E-state index in [1.165, 1.54) is 32.1 Å². The van der Waals surface area contributed by atoms with Gasteiger partial charge in [0, 0.05) is 18.8 Å². The van der Waals surface area contributed by atoms with Gasteiger partial charge in [0.2, 0.25) is 17.9 Å². The Kier molecular flexibility index (Phi) is 2.23. The molecule has 2 heterocycles. The van der Waals surface area contributed by atoms with Gasteiger partial charge >= 0.3 is 0 Å². The molecule has 2 saturated carbocycles. The zero-order valence-electron chi connectivity index (χ0n) is 12.0. The van der Waals surface area contributed by atoms with Crippen LogP contribution in [0.3, 0.4) is 0 Å². The van der Waals surface area contributed by atoms with Gasteiger partial charge in [0.15, 0.2) is 0 Å². The largest absolute Gasteiger partial charge is 0.307 e. The molecule has 19 heavy (non-hydrogen) atoms. The lowest BCUT2D eigenvalue weighted by atomic mass is 9.58. The van der Waals surface area contributed by atoms with Crippen molar-refractivity contribution in [2.45, 2.75) is 76.8 Å². The quantitative estimate of drug-likeness (QED) is 0.733. The Morgan fingerprint density at radius 2 is 1.79 bits per heavy atom. The van der Waals surface area contributed by atoms with Gasteiger partial charge in [-0.1, -0.05) is 33.1 Å². The highest BCUT2D eigenvalue weighted by Gasteiger charge is 2.93. The Bertz CT molecular complexity index is 418. The summed E-state index contributed by atoms with van der Waals surface area (Å²) in [6, 6.07) is 0. The van der Waals surface area contributed by atoms with Crippen molar-refractivity contribution in [3.8, 4) is 0 Å². The minimum atomic E-state index is -0.359. The van der Waals surface area contributed by atoms with Gasteiger partial charge in [-0.15, -0.1) is 0 Å². The Morgan fingerprint density at radius 1 is 1.11 bits per heavy atom. The van der Waals surface area contributed by atoms with E-state index in [0.29, 0.717) is 5.41 Å². The second-order valence-corrected chi connectivity index (χ2v) is 7.96. The summed E-state index contributed by atoms with van der Waals surface area (Å²) in [4.78, 5) is 11.4. The van der Waals surface area contributed by atoms with Gasteiger partial charge in [-0.3, -0.25) is 4.79 Å². The van der Waals surface area contributed by atoms with Crippen LogP contribution in [0.25, 0.3) is 0 Å². The van der Waals surface area contributed by atoms with E-state index in [1.54, 1.807) is 0 Å². The normalized spacial score (nSPS) is 53.9. The fourth-order valence-corrected chi connectivity index (χ4v) is 5.03. The molecule has 4 fully saturated rings. The number of ether oxygens (including phenoxy) is 2. The van der Waals surface area contributed by atoms with E-state index in [2.05, 4.69) is 20.1 Å². The molecule has 2 atom stereocenters. The Balaban J connectivity index is 1.55. The summed E-state index contributed by atoms with van der Waals surface area (Å²) in [5.74, 6) is -0.674. The minimum Gasteiger partial charge on any atom is -0.307 e. The second kappa shape index (κ2) is 3.43. The van der Waals surface area contributed by atoms with Gasteiger partial charge in [-0.25, -0.2) is 0 Å². The number of hydrogen-bond donors (Lipinski definition) is 0. The zero-order valence-corrected chi connectivity index (χ0v) is 12.0. The van der Waals surface area contributed by atoms with Crippen molar-refractivity contribution in [3.63, 3.8) is 0 Å². The van der Waals surface area contributed by atoms with Crippen molar-refractivity contribution in [3.05, 3.63) is 0 Å². The van der Waals surface area contributed by atoms with E-state index in [9.17, 15) is 4.79 Å². The molecule has 2 aliphatic heterocycles. The molecule has 2 aliphatic carbocycles. The van der Waals surface area contributed by atoms with Crippen LogP contribution in [0.15, 0.2) is 0 Å². The number of hydrogen-bond acceptors (Lipinski definition) is 3. The lowest BCUT2D eigenvalue weighted by molar-refractivity contribution is -0.0972. The lowest BCUT2D eigenvalue weighted by Gasteiger charge is -2.44. The van der Waals surface area contributed by atoms with Gasteiger partial charge in [-0.2, -0.15) is 0 Å². The Hall–Kier alpha value is -0.410. The van der Waals surface area contributed by atoms with Crippen molar-refractivity contribution in [2.24, 2.45) is 16.7 Å². The minimum absolute atomic E-state index is 0.00431. The van der Waals surface area contributed by atoms with Gasteiger partial charge in [-0.05, 0) is 30.1 Å². The summed E-state index contributed by atoms with van der Waals surface area (Å²) >= 11 is 0. The third-order valence-corrected chi connectivity index (χ3v) is 6.14. The van der Waals surface area contributed by atoms with Crippen LogP contribution < -0.4 is 0 Å². The number of carbonyl (C=O) groups excluding carboxylic acids is 1. The monoisotopic (exact) mass is 263 g/mol. The maximum atomic E-state index is 11.4. The van der Waals surface area contributed by atoms with E-state index < -0.39 is 0 Å². The molecule has 0 N–H and O–H groups in total. The van der Waals surface area contributed by atoms with E-state index >= 15 is 0 Å². The average molecular weight is 263 g/mol. The summed E-state index contributed by atoms with van der Waals surface area (Å²) in [5.41, 5.74) is 0.396. The first-order valence-electron chi connectivity index (χ1n) is 7.73. The van der Waals surface area contributed by atoms with Crippen LogP contribution in [0.5, 0.6) is 0 Å². The molecule has 0 aromatic heterocycles. The average Bonchev–Trinajstić information content (AvgIpc) is 3.12. The predicted octanol–water partition coefficient (Wildman–Crippen LogP) is 3.33. The van der Waals surface area contributed by atoms with E-state index in [1.807, 2.05) is 0 Å². The van der Waals surface area contributed by atoms with Gasteiger partial charge in [0.05, 0.1) is 0 Å². The fraction of sp³-hybridized carbons (Fsp3) is 0.938. The molecule has 105 valence electrons. The molecule has 0 aromatic carbocycles. The third kappa shape index (κ3) is 1.61. The maximum Gasteiger partial charge on any atom is 0.230 e. The smallest absolute Gasteiger partial charge is 0.230 e. The zero-order chi connectivity index (χ0) is 13.4. The number of rotatable bonds is 3. The molecule has 0 aromatic rings. The van der Waals surface area contributed by atoms with Crippen molar-refractivity contribution in [1.29, 1.82) is 0 Å². The van der Waals surface area contributed by atoms with Crippen molar-refractivity contribution < 1.29 is 14.3 Å². The van der Waals surface area contributed by atoms with E-state index in [-0.39, 0.29) is 22.9 Å². The predicted molar refractivity (Wildman–Crippen MR) is 70.0 cm³/mol. The summed E-state index contributed by atoms with van der Waals surface area (Å²) in [7, 11) is 0. The molecule has 4 rings (SSSR count). The van der Waals surface area contributed by atoms with Crippen LogP contribution in [0, 0.1) is 16.7 Å². The molecule has 3 heteroatoms. The van der Waals surface area contributed by atoms with E-state index in [0.717, 1.165) is 19.3 Å². The SMILES string of the molecule is CC1(CC2(C)CC34OC3(CC2[C]=O)O4)CCCCC1. The summed E-state index contributed by atoms with van der Waals surface area (Å²) in [5, 5.41) is 0. The molecule has 2 saturated heterocycles. The van der Waals surface area contributed by atoms with Gasteiger partial charge in [0.1, 0.15) is 0 Å². The third-order valence-electron chi connectivity index (χ3n) is 6.14. The van der Waals surface area contributed by atoms with Crippen molar-refractivity contribution in [1.82, 2.24) is 0 Å². The van der Waals surface area contributed by atoms with Crippen LogP contribution in [0.4, 0.5) is 0 Å². The first kappa shape index (κ1) is 12.3. The second-order valence-electron chi connectivity index (χ2n) is 7.96. The van der Waals surface area contributed by atoms with Gasteiger partial charge in [0.25, 0.3) is 0 Å². The standard InChI is InChI=1S/C16H23O3/c1-13(6-4-3-5-7-13)10-14(2)11-16-15(18-16,19-16)8-12(14)9-17/h12H,3-8,10-11H2,1-2H3. The van der Waals surface area contributed by atoms with Crippen molar-refractivity contribution >= 4 is 6.29 Å². The maximum absolute atomic E-state index is 11.4. The molecule has 2 unspecified atom stereocenters. The van der Waals surface area contributed by atoms with Crippen LogP contribution in [-0.2, 0) is 14.3 Å². The number of epoxide rings is 2. The fourth-order valence-electron chi connectivity index (χ4n) is 5.03. The highest BCUT2D eigenvalue weighted by Crippen LogP contribution is 2.78. The first-order valence-corrected chi connectivity index (χ1v) is 7.73. The van der Waals surface area contributed by atoms with Gasteiger partial charge < -0.3 is 9.47 Å². The Labute approximate surface area is 115 Å². The lowest BCUT2D eigenvalue weighted by Crippen LogP contribution is -2.40. The van der Waals surface area contributed by atoms with E-state index in [4.69, 9.17) is 9.47 Å². The molecule has 0 spiro atoms. The molecule has 1 radical (unpaired) electrons. The highest BCUT2D eigenvalue weighted by atomic mass is 17.0. The highest BCUT2D eigenvalue weighted by molar-refractivity contribution is 5.58. The molecule has 3 nitrogen and oxygen atoms in total. The summed E-state index contributed by atoms with van der Waals surface area (Å²) in [6.07, 6.45) is 11.7. The Morgan fingerprint density at radius 3 is 2.42 bits per heavy atom. The van der Waals surface area contributed by atoms with Crippen LogP contribution >= 0.6 is 0 Å². The topological polar surface area (TPSA) is 42.1 Å². The molecule has 4 aliphatic rings. The molecule has 0 amide bonds. The van der Waals surface area contributed by atoms with Crippen LogP contribution in [0.1, 0.15) is 65.2 Å². The molecular formula is C16H23O3. The summed E-state index contributed by atoms with van der Waals surface area (Å²) < 4.78 is 11.4. The molecular weight excluding hydrogens is 240 g/mol. The summed E-state index contributed by atoms with van der Waals surface area (Å²) in [6.45, 7) is 4.66. The molecule has 0 bridgehead atoms.